The Labute approximate surface area is 211 Å². The third kappa shape index (κ3) is 6.91. The summed E-state index contributed by atoms with van der Waals surface area (Å²) in [5.74, 6) is -6.63. The zero-order valence-corrected chi connectivity index (χ0v) is 20.0. The molecule has 2 aliphatic heterocycles. The average molecular weight is 518 g/mol. The molecule has 0 spiro atoms. The Kier molecular flexibility index (Phi) is 8.60. The van der Waals surface area contributed by atoms with Crippen LogP contribution in [0, 0.1) is 5.92 Å². The van der Waals surface area contributed by atoms with Crippen molar-refractivity contribution in [3.63, 3.8) is 0 Å². The predicted molar refractivity (Wildman–Crippen MR) is 123 cm³/mol. The molecule has 37 heavy (non-hydrogen) atoms. The smallest absolute Gasteiger partial charge is 0.336 e. The molecule has 2 amide bonds. The molecule has 0 radical (unpaired) electrons. The lowest BCUT2D eigenvalue weighted by Gasteiger charge is -2.19. The summed E-state index contributed by atoms with van der Waals surface area (Å²) in [5.41, 5.74) is -1.94. The van der Waals surface area contributed by atoms with Crippen LogP contribution in [0.1, 0.15) is 54.8 Å². The molecular weight excluding hydrogens is 492 g/mol. The quantitative estimate of drug-likeness (QED) is 0.158. The zero-order chi connectivity index (χ0) is 27.3. The number of benzene rings is 1. The van der Waals surface area contributed by atoms with Crippen LogP contribution >= 0.6 is 0 Å². The van der Waals surface area contributed by atoms with Crippen molar-refractivity contribution in [3.8, 4) is 0 Å². The number of carboxylic acids is 2. The van der Waals surface area contributed by atoms with E-state index in [1.807, 2.05) is 0 Å². The highest BCUT2D eigenvalue weighted by Crippen LogP contribution is 2.25. The number of epoxide rings is 1. The molecule has 198 valence electrons. The summed E-state index contributed by atoms with van der Waals surface area (Å²) in [4.78, 5) is 74.5. The van der Waals surface area contributed by atoms with Gasteiger partial charge in [-0.05, 0) is 25.5 Å². The van der Waals surface area contributed by atoms with Gasteiger partial charge in [0.2, 0.25) is 0 Å². The molecule has 2 fully saturated rings. The second-order valence-electron chi connectivity index (χ2n) is 8.55. The second-order valence-corrected chi connectivity index (χ2v) is 8.55. The molecule has 3 N–H and O–H groups in total. The van der Waals surface area contributed by atoms with Gasteiger partial charge in [0.25, 0.3) is 11.8 Å². The van der Waals surface area contributed by atoms with E-state index in [0.717, 1.165) is 12.1 Å². The first-order chi connectivity index (χ1) is 17.5. The van der Waals surface area contributed by atoms with E-state index in [4.69, 9.17) is 14.2 Å². The van der Waals surface area contributed by atoms with Crippen LogP contribution in [0.3, 0.4) is 0 Å². The van der Waals surface area contributed by atoms with Crippen LogP contribution in [0.25, 0.3) is 0 Å². The molecule has 0 aliphatic carbocycles. The molecule has 0 aromatic heterocycles. The van der Waals surface area contributed by atoms with Gasteiger partial charge in [0.05, 0.1) is 41.3 Å². The van der Waals surface area contributed by atoms with Gasteiger partial charge in [-0.1, -0.05) is 6.58 Å². The summed E-state index contributed by atoms with van der Waals surface area (Å²) in [6.45, 7) is 5.20. The summed E-state index contributed by atoms with van der Waals surface area (Å²) in [6.07, 6.45) is 0.179. The van der Waals surface area contributed by atoms with E-state index in [9.17, 15) is 39.0 Å². The lowest BCUT2D eigenvalue weighted by molar-refractivity contribution is -0.148. The first-order valence-corrected chi connectivity index (χ1v) is 11.3. The third-order valence-electron chi connectivity index (χ3n) is 5.69. The van der Waals surface area contributed by atoms with Gasteiger partial charge in [0.1, 0.15) is 19.3 Å². The highest BCUT2D eigenvalue weighted by molar-refractivity contribution is 6.12. The Hall–Kier alpha value is -4.26. The maximum Gasteiger partial charge on any atom is 0.336 e. The van der Waals surface area contributed by atoms with Crippen molar-refractivity contribution < 1.29 is 53.2 Å². The summed E-state index contributed by atoms with van der Waals surface area (Å²) < 4.78 is 15.0. The fourth-order valence-corrected chi connectivity index (χ4v) is 3.61. The minimum absolute atomic E-state index is 0.0292. The van der Waals surface area contributed by atoms with Gasteiger partial charge < -0.3 is 34.6 Å². The molecule has 0 saturated carbocycles. The predicted octanol–water partition coefficient (Wildman–Crippen LogP) is 0.336. The van der Waals surface area contributed by atoms with Gasteiger partial charge >= 0.3 is 23.9 Å². The first-order valence-electron chi connectivity index (χ1n) is 11.3. The fourth-order valence-electron chi connectivity index (χ4n) is 3.61. The Morgan fingerprint density at radius 2 is 1.68 bits per heavy atom. The zero-order valence-electron chi connectivity index (χ0n) is 20.0. The SMILES string of the molecule is C=C(C)C(=O)OCCNC(=O)c1cc(C(=O)N2CCC(C(=O)OCC3CO3)C2)c(C(=O)O)cc1C(=O)O. The molecule has 3 rings (SSSR count). The van der Waals surface area contributed by atoms with Crippen molar-refractivity contribution in [1.29, 1.82) is 0 Å². The average Bonchev–Trinajstić information content (AvgIpc) is 3.56. The van der Waals surface area contributed by atoms with Gasteiger partial charge in [0.15, 0.2) is 0 Å². The van der Waals surface area contributed by atoms with Crippen molar-refractivity contribution in [3.05, 3.63) is 46.5 Å². The monoisotopic (exact) mass is 518 g/mol. The lowest BCUT2D eigenvalue weighted by atomic mass is 9.96. The molecule has 1 aromatic rings. The molecule has 2 unspecified atom stereocenters. The van der Waals surface area contributed by atoms with Crippen molar-refractivity contribution >= 4 is 35.7 Å². The number of amides is 2. The Morgan fingerprint density at radius 3 is 2.27 bits per heavy atom. The van der Waals surface area contributed by atoms with Crippen LogP contribution in [0.5, 0.6) is 0 Å². The normalized spacial score (nSPS) is 18.0. The summed E-state index contributed by atoms with van der Waals surface area (Å²) in [7, 11) is 0. The van der Waals surface area contributed by atoms with Gasteiger partial charge in [-0.2, -0.15) is 0 Å². The molecule has 2 atom stereocenters. The molecular formula is C24H26N2O11. The van der Waals surface area contributed by atoms with E-state index >= 15 is 0 Å². The number of esters is 2. The lowest BCUT2D eigenvalue weighted by Crippen LogP contribution is -2.33. The van der Waals surface area contributed by atoms with E-state index in [1.165, 1.54) is 11.8 Å². The van der Waals surface area contributed by atoms with Crippen molar-refractivity contribution in [1.82, 2.24) is 10.2 Å². The molecule has 2 heterocycles. The van der Waals surface area contributed by atoms with E-state index in [1.54, 1.807) is 0 Å². The molecule has 13 heteroatoms. The number of hydrogen-bond acceptors (Lipinski definition) is 9. The number of rotatable bonds is 11. The van der Waals surface area contributed by atoms with Crippen LogP contribution in [-0.2, 0) is 23.8 Å². The largest absolute Gasteiger partial charge is 0.478 e. The fraction of sp³-hybridized carbons (Fsp3) is 0.417. The highest BCUT2D eigenvalue weighted by Gasteiger charge is 2.36. The standard InChI is InChI=1S/C24H26N2O11/c1-12(2)23(33)35-6-4-25-19(27)15-7-16(18(22(31)32)8-17(15)21(29)30)20(28)26-5-3-13(9-26)24(34)37-11-14-10-36-14/h7-8,13-14H,1,3-6,9-11H2,2H3,(H,25,27)(H,29,30)(H,31,32). The van der Waals surface area contributed by atoms with Crippen LogP contribution < -0.4 is 5.32 Å². The van der Waals surface area contributed by atoms with E-state index in [0.29, 0.717) is 13.0 Å². The minimum Gasteiger partial charge on any atom is -0.478 e. The number of aromatic carboxylic acids is 2. The van der Waals surface area contributed by atoms with Gasteiger partial charge in [-0.25, -0.2) is 14.4 Å². The number of nitrogens with one attached hydrogen (secondary N) is 1. The minimum atomic E-state index is -1.58. The second kappa shape index (κ2) is 11.6. The van der Waals surface area contributed by atoms with Crippen molar-refractivity contribution in [2.45, 2.75) is 19.4 Å². The Morgan fingerprint density at radius 1 is 1.05 bits per heavy atom. The van der Waals surface area contributed by atoms with E-state index in [-0.39, 0.29) is 44.5 Å². The summed E-state index contributed by atoms with van der Waals surface area (Å²) >= 11 is 0. The van der Waals surface area contributed by atoms with Gasteiger partial charge in [-0.15, -0.1) is 0 Å². The third-order valence-corrected chi connectivity index (χ3v) is 5.69. The number of ether oxygens (including phenoxy) is 3. The molecule has 0 bridgehead atoms. The Balaban J connectivity index is 1.77. The van der Waals surface area contributed by atoms with E-state index in [2.05, 4.69) is 11.9 Å². The highest BCUT2D eigenvalue weighted by atomic mass is 16.6. The van der Waals surface area contributed by atoms with Crippen LogP contribution in [0.4, 0.5) is 0 Å². The molecule has 1 aromatic carbocycles. The van der Waals surface area contributed by atoms with Crippen LogP contribution in [0.2, 0.25) is 0 Å². The summed E-state index contributed by atoms with van der Waals surface area (Å²) in [5, 5.41) is 21.5. The number of nitrogens with zero attached hydrogens (tertiary/aromatic N) is 1. The topological polar surface area (TPSA) is 189 Å². The summed E-state index contributed by atoms with van der Waals surface area (Å²) in [6, 6.07) is 1.64. The van der Waals surface area contributed by atoms with Gasteiger partial charge in [0, 0.05) is 18.7 Å². The molecule has 13 nitrogen and oxygen atoms in total. The van der Waals surface area contributed by atoms with Crippen molar-refractivity contribution in [2.75, 3.05) is 39.5 Å². The number of carbonyl (C=O) groups excluding carboxylic acids is 4. The van der Waals surface area contributed by atoms with E-state index < -0.39 is 63.9 Å². The van der Waals surface area contributed by atoms with Gasteiger partial charge in [-0.3, -0.25) is 14.4 Å². The Bertz CT molecular complexity index is 1160. The molecule has 2 aliphatic rings. The number of likely N-dealkylation sites (tertiary alicyclic amines) is 1. The molecule has 2 saturated heterocycles. The number of carboxylic acid groups (broad SMARTS) is 2. The maximum absolute atomic E-state index is 13.2. The van der Waals surface area contributed by atoms with Crippen LogP contribution in [-0.4, -0.2) is 96.4 Å². The maximum atomic E-state index is 13.2. The van der Waals surface area contributed by atoms with Crippen molar-refractivity contribution in [2.24, 2.45) is 5.92 Å². The first kappa shape index (κ1) is 27.3. The van der Waals surface area contributed by atoms with Crippen LogP contribution in [0.15, 0.2) is 24.3 Å². The number of hydrogen-bond donors (Lipinski definition) is 3. The number of carbonyl (C=O) groups is 6.